The van der Waals surface area contributed by atoms with Gasteiger partial charge in [-0.1, -0.05) is 58.5 Å². The molecule has 2 aromatic rings. The molecule has 1 unspecified atom stereocenters. The van der Waals surface area contributed by atoms with Crippen LogP contribution in [0, 0.1) is 5.82 Å². The van der Waals surface area contributed by atoms with Gasteiger partial charge in [-0.2, -0.15) is 0 Å². The molecule has 21 heavy (non-hydrogen) atoms. The van der Waals surface area contributed by atoms with E-state index in [-0.39, 0.29) is 22.0 Å². The summed E-state index contributed by atoms with van der Waals surface area (Å²) in [5.74, 6) is -0.645. The monoisotopic (exact) mass is 366 g/mol. The fourth-order valence-electron chi connectivity index (χ4n) is 2.09. The standard InChI is InChI=1S/C15H11Cl4FO/c1-15(21,7-8-3-2-4-10(16)14(8)19)9-5-13(20)12(18)6-11(9)17/h2-6,21H,7H2,1H3. The summed E-state index contributed by atoms with van der Waals surface area (Å²) in [5.41, 5.74) is -0.542. The molecule has 6 heteroatoms. The van der Waals surface area contributed by atoms with Gasteiger partial charge in [0.1, 0.15) is 5.82 Å². The van der Waals surface area contributed by atoms with E-state index in [4.69, 9.17) is 46.4 Å². The first kappa shape index (κ1) is 16.9. The maximum atomic E-state index is 13.6. The van der Waals surface area contributed by atoms with E-state index in [1.165, 1.54) is 13.0 Å². The van der Waals surface area contributed by atoms with E-state index in [0.29, 0.717) is 15.6 Å². The summed E-state index contributed by atoms with van der Waals surface area (Å²) in [5, 5.41) is 11.5. The molecular weight excluding hydrogens is 357 g/mol. The number of hydrogen-bond donors (Lipinski definition) is 1. The van der Waals surface area contributed by atoms with Crippen LogP contribution in [-0.4, -0.2) is 5.11 Å². The van der Waals surface area contributed by atoms with E-state index < -0.39 is 11.4 Å². The average Bonchev–Trinajstić information content (AvgIpc) is 2.39. The largest absolute Gasteiger partial charge is 0.385 e. The summed E-state index contributed by atoms with van der Waals surface area (Å²) < 4.78 is 13.6. The van der Waals surface area contributed by atoms with Gasteiger partial charge < -0.3 is 5.11 Å². The van der Waals surface area contributed by atoms with Crippen LogP contribution in [0.3, 0.4) is 0 Å². The Morgan fingerprint density at radius 2 is 1.71 bits per heavy atom. The Bertz CT molecular complexity index is 686. The lowest BCUT2D eigenvalue weighted by Gasteiger charge is -2.26. The summed E-state index contributed by atoms with van der Waals surface area (Å²) in [6, 6.07) is 7.51. The minimum Gasteiger partial charge on any atom is -0.385 e. The zero-order chi connectivity index (χ0) is 15.8. The molecule has 0 aliphatic carbocycles. The normalized spacial score (nSPS) is 14.0. The molecule has 0 bridgehead atoms. The van der Waals surface area contributed by atoms with Crippen LogP contribution in [0.1, 0.15) is 18.1 Å². The smallest absolute Gasteiger partial charge is 0.142 e. The van der Waals surface area contributed by atoms with Crippen molar-refractivity contribution in [3.05, 3.63) is 67.4 Å². The van der Waals surface area contributed by atoms with Crippen molar-refractivity contribution in [1.82, 2.24) is 0 Å². The third-order valence-corrected chi connectivity index (χ3v) is 4.62. The lowest BCUT2D eigenvalue weighted by Crippen LogP contribution is -2.25. The summed E-state index contributed by atoms with van der Waals surface area (Å²) in [6.07, 6.45) is 0.132. The molecule has 0 spiro atoms. The predicted molar refractivity (Wildman–Crippen MR) is 86.2 cm³/mol. The second kappa shape index (κ2) is 6.31. The molecule has 0 fully saturated rings. The van der Waals surface area contributed by atoms with Crippen molar-refractivity contribution in [2.24, 2.45) is 0 Å². The van der Waals surface area contributed by atoms with Crippen molar-refractivity contribution in [2.45, 2.75) is 18.9 Å². The van der Waals surface area contributed by atoms with E-state index in [1.807, 2.05) is 0 Å². The molecule has 0 amide bonds. The van der Waals surface area contributed by atoms with Gasteiger partial charge in [0, 0.05) is 17.0 Å². The molecule has 0 radical (unpaired) electrons. The maximum Gasteiger partial charge on any atom is 0.142 e. The molecule has 0 aromatic heterocycles. The lowest BCUT2D eigenvalue weighted by atomic mass is 9.89. The summed E-state index contributed by atoms with van der Waals surface area (Å²) in [4.78, 5) is 0. The van der Waals surface area contributed by atoms with Crippen molar-refractivity contribution in [1.29, 1.82) is 0 Å². The fourth-order valence-corrected chi connectivity index (χ4v) is 3.06. The zero-order valence-corrected chi connectivity index (χ0v) is 14.0. The quantitative estimate of drug-likeness (QED) is 0.670. The van der Waals surface area contributed by atoms with Crippen LogP contribution in [0.25, 0.3) is 0 Å². The van der Waals surface area contributed by atoms with Crippen LogP contribution in [-0.2, 0) is 12.0 Å². The van der Waals surface area contributed by atoms with Gasteiger partial charge in [-0.15, -0.1) is 0 Å². The van der Waals surface area contributed by atoms with Crippen LogP contribution in [0.2, 0.25) is 20.1 Å². The first-order valence-corrected chi connectivity index (χ1v) is 7.54. The number of hydrogen-bond acceptors (Lipinski definition) is 1. The van der Waals surface area contributed by atoms with Crippen LogP contribution in [0.5, 0.6) is 0 Å². The number of aliphatic hydroxyl groups is 1. The molecule has 0 heterocycles. The second-order valence-electron chi connectivity index (χ2n) is 4.91. The molecule has 1 N–H and O–H groups in total. The summed E-state index contributed by atoms with van der Waals surface area (Å²) >= 11 is 23.8. The van der Waals surface area contributed by atoms with E-state index >= 15 is 0 Å². The first-order chi connectivity index (χ1) is 9.72. The van der Waals surface area contributed by atoms with E-state index in [1.54, 1.807) is 18.2 Å². The topological polar surface area (TPSA) is 20.2 Å². The summed E-state index contributed by atoms with van der Waals surface area (Å²) in [6.45, 7) is 1.53. The molecule has 1 atom stereocenters. The highest BCUT2D eigenvalue weighted by Crippen LogP contribution is 2.36. The fraction of sp³-hybridized carbons (Fsp3) is 0.200. The van der Waals surface area contributed by atoms with E-state index in [2.05, 4.69) is 0 Å². The highest BCUT2D eigenvalue weighted by atomic mass is 35.5. The molecule has 1 nitrogen and oxygen atoms in total. The van der Waals surface area contributed by atoms with E-state index in [0.717, 1.165) is 6.07 Å². The zero-order valence-electron chi connectivity index (χ0n) is 10.9. The van der Waals surface area contributed by atoms with Crippen molar-refractivity contribution in [3.63, 3.8) is 0 Å². The van der Waals surface area contributed by atoms with Crippen LogP contribution >= 0.6 is 46.4 Å². The Balaban J connectivity index is 2.43. The Hall–Kier alpha value is -0.510. The third-order valence-electron chi connectivity index (χ3n) is 3.16. The minimum atomic E-state index is -1.42. The maximum absolute atomic E-state index is 13.6. The van der Waals surface area contributed by atoms with Gasteiger partial charge in [0.05, 0.1) is 20.7 Å². The number of rotatable bonds is 3. The van der Waals surface area contributed by atoms with Gasteiger partial charge in [-0.25, -0.2) is 4.39 Å². The lowest BCUT2D eigenvalue weighted by molar-refractivity contribution is 0.0574. The van der Waals surface area contributed by atoms with Crippen molar-refractivity contribution < 1.29 is 9.50 Å². The van der Waals surface area contributed by atoms with Gasteiger partial charge >= 0.3 is 0 Å². The molecule has 0 aliphatic rings. The molecule has 2 rings (SSSR count). The Morgan fingerprint density at radius 1 is 1.05 bits per heavy atom. The Labute approximate surface area is 142 Å². The second-order valence-corrected chi connectivity index (χ2v) is 6.51. The Morgan fingerprint density at radius 3 is 2.38 bits per heavy atom. The summed E-state index contributed by atoms with van der Waals surface area (Å²) in [7, 11) is 0. The third kappa shape index (κ3) is 3.64. The SMILES string of the molecule is CC(O)(Cc1cccc(Cl)c1Cl)c1cc(F)c(Cl)cc1Cl. The highest BCUT2D eigenvalue weighted by Gasteiger charge is 2.28. The van der Waals surface area contributed by atoms with Gasteiger partial charge in [0.25, 0.3) is 0 Å². The predicted octanol–water partition coefficient (Wildman–Crippen LogP) is 5.89. The number of halogens is 5. The van der Waals surface area contributed by atoms with Crippen molar-refractivity contribution >= 4 is 46.4 Å². The van der Waals surface area contributed by atoms with Crippen LogP contribution < -0.4 is 0 Å². The first-order valence-electron chi connectivity index (χ1n) is 6.02. The average molecular weight is 368 g/mol. The van der Waals surface area contributed by atoms with E-state index in [9.17, 15) is 9.50 Å². The molecule has 112 valence electrons. The highest BCUT2D eigenvalue weighted by molar-refractivity contribution is 6.42. The molecule has 2 aromatic carbocycles. The van der Waals surface area contributed by atoms with Gasteiger partial charge in [-0.05, 0) is 30.7 Å². The Kier molecular flexibility index (Phi) is 5.07. The van der Waals surface area contributed by atoms with Gasteiger partial charge in [0.2, 0.25) is 0 Å². The van der Waals surface area contributed by atoms with Crippen molar-refractivity contribution in [2.75, 3.05) is 0 Å². The van der Waals surface area contributed by atoms with Crippen LogP contribution in [0.4, 0.5) is 4.39 Å². The molecule has 0 aliphatic heterocycles. The molecule has 0 saturated heterocycles. The minimum absolute atomic E-state index is 0.0969. The molecular formula is C15H11Cl4FO. The molecule has 0 saturated carbocycles. The van der Waals surface area contributed by atoms with Gasteiger partial charge in [0.15, 0.2) is 0 Å². The van der Waals surface area contributed by atoms with Crippen LogP contribution in [0.15, 0.2) is 30.3 Å². The van der Waals surface area contributed by atoms with Crippen molar-refractivity contribution in [3.8, 4) is 0 Å². The number of benzene rings is 2. The van der Waals surface area contributed by atoms with Gasteiger partial charge in [-0.3, -0.25) is 0 Å².